The number of hydrogen-bond acceptors (Lipinski definition) is 5. The summed E-state index contributed by atoms with van der Waals surface area (Å²) in [5, 5.41) is 12.4. The lowest BCUT2D eigenvalue weighted by Crippen LogP contribution is -2.57. The zero-order valence-corrected chi connectivity index (χ0v) is 19.7. The summed E-state index contributed by atoms with van der Waals surface area (Å²) in [6.45, 7) is 2.19. The Morgan fingerprint density at radius 1 is 1.14 bits per heavy atom. The largest absolute Gasteiger partial charge is 0.502 e. The first kappa shape index (κ1) is 23.0. The minimum Gasteiger partial charge on any atom is -0.502 e. The molecule has 1 amide bonds. The standard InChI is InChI=1S/C26H23ClFN3O4/c1-2-17-9-6-14-35-25-18(10-11-19(28)21(25)27)22(16-7-4-3-5-8-16)31-15-29(17)26(34)23-24(33)20(32)12-13-30(23)31/h3-13,17,22,33H,2,14-15H2,1H3/b9-6-/t17-,22+/m0/s1. The van der Waals surface area contributed by atoms with E-state index in [2.05, 4.69) is 0 Å². The van der Waals surface area contributed by atoms with Gasteiger partial charge in [-0.1, -0.05) is 54.9 Å². The highest BCUT2D eigenvalue weighted by molar-refractivity contribution is 6.32. The number of rotatable bonds is 2. The number of nitrogens with zero attached hydrogens (tertiary/aromatic N) is 3. The number of halogens is 2. The summed E-state index contributed by atoms with van der Waals surface area (Å²) in [5.41, 5.74) is 0.610. The summed E-state index contributed by atoms with van der Waals surface area (Å²) in [6.07, 6.45) is 5.64. The molecule has 2 aliphatic heterocycles. The number of carbonyl (C=O) groups is 1. The molecule has 180 valence electrons. The van der Waals surface area contributed by atoms with Gasteiger partial charge in [0.15, 0.2) is 11.4 Å². The van der Waals surface area contributed by atoms with Gasteiger partial charge in [-0.2, -0.15) is 0 Å². The number of benzene rings is 2. The average molecular weight is 496 g/mol. The van der Waals surface area contributed by atoms with E-state index in [1.54, 1.807) is 17.0 Å². The van der Waals surface area contributed by atoms with Crippen LogP contribution in [0, 0.1) is 5.82 Å². The number of hydrogen-bond donors (Lipinski definition) is 1. The van der Waals surface area contributed by atoms with Crippen LogP contribution < -0.4 is 15.2 Å². The van der Waals surface area contributed by atoms with Gasteiger partial charge in [0.1, 0.15) is 35.9 Å². The number of fused-ring (bicyclic) bond motifs is 5. The van der Waals surface area contributed by atoms with Crippen molar-refractivity contribution in [1.82, 2.24) is 9.58 Å². The Balaban J connectivity index is 1.84. The number of aromatic hydroxyl groups is 1. The monoisotopic (exact) mass is 495 g/mol. The molecule has 2 bridgehead atoms. The van der Waals surface area contributed by atoms with Crippen molar-refractivity contribution in [2.75, 3.05) is 18.3 Å². The Bertz CT molecular complexity index is 1380. The van der Waals surface area contributed by atoms with Gasteiger partial charge >= 0.3 is 0 Å². The van der Waals surface area contributed by atoms with Gasteiger partial charge in [-0.05, 0) is 30.2 Å². The average Bonchev–Trinajstić information content (AvgIpc) is 2.89. The van der Waals surface area contributed by atoms with Gasteiger partial charge < -0.3 is 14.7 Å². The molecule has 0 radical (unpaired) electrons. The number of amides is 1. The first-order chi connectivity index (χ1) is 16.9. The molecule has 0 aliphatic carbocycles. The molecule has 1 N–H and O–H groups in total. The number of aromatic nitrogens is 1. The highest BCUT2D eigenvalue weighted by atomic mass is 35.5. The highest BCUT2D eigenvalue weighted by Crippen LogP contribution is 2.41. The molecule has 3 aromatic rings. The topological polar surface area (TPSA) is 75.0 Å². The molecule has 7 nitrogen and oxygen atoms in total. The molecule has 1 aromatic heterocycles. The third-order valence-corrected chi connectivity index (χ3v) is 6.73. The predicted molar refractivity (Wildman–Crippen MR) is 130 cm³/mol. The van der Waals surface area contributed by atoms with Crippen molar-refractivity contribution in [1.29, 1.82) is 0 Å². The Labute approximate surface area is 206 Å². The first-order valence-corrected chi connectivity index (χ1v) is 11.6. The molecule has 35 heavy (non-hydrogen) atoms. The first-order valence-electron chi connectivity index (χ1n) is 11.3. The van der Waals surface area contributed by atoms with E-state index in [0.29, 0.717) is 12.0 Å². The van der Waals surface area contributed by atoms with Crippen LogP contribution in [-0.2, 0) is 0 Å². The quantitative estimate of drug-likeness (QED) is 0.539. The van der Waals surface area contributed by atoms with Crippen molar-refractivity contribution in [3.8, 4) is 11.5 Å². The molecule has 0 fully saturated rings. The minimum atomic E-state index is -0.649. The summed E-state index contributed by atoms with van der Waals surface area (Å²) >= 11 is 6.39. The van der Waals surface area contributed by atoms with Gasteiger partial charge in [0, 0.05) is 17.8 Å². The van der Waals surface area contributed by atoms with Gasteiger partial charge in [-0.3, -0.25) is 19.3 Å². The molecule has 0 saturated carbocycles. The van der Waals surface area contributed by atoms with Crippen LogP contribution in [0.1, 0.15) is 41.0 Å². The van der Waals surface area contributed by atoms with Crippen LogP contribution in [0.3, 0.4) is 0 Å². The van der Waals surface area contributed by atoms with Crippen molar-refractivity contribution in [3.05, 3.63) is 105 Å². The van der Waals surface area contributed by atoms with E-state index in [-0.39, 0.29) is 35.8 Å². The van der Waals surface area contributed by atoms with E-state index in [9.17, 15) is 19.1 Å². The van der Waals surface area contributed by atoms with Crippen molar-refractivity contribution in [2.24, 2.45) is 0 Å². The third-order valence-electron chi connectivity index (χ3n) is 6.38. The number of pyridine rings is 1. The molecule has 0 saturated heterocycles. The zero-order chi connectivity index (χ0) is 24.7. The molecular formula is C26H23ClFN3O4. The van der Waals surface area contributed by atoms with E-state index in [0.717, 1.165) is 5.56 Å². The van der Waals surface area contributed by atoms with Crippen LogP contribution >= 0.6 is 11.6 Å². The molecular weight excluding hydrogens is 473 g/mol. The summed E-state index contributed by atoms with van der Waals surface area (Å²) in [5.74, 6) is -1.51. The lowest BCUT2D eigenvalue weighted by atomic mass is 9.96. The molecule has 2 atom stereocenters. The third kappa shape index (κ3) is 3.83. The van der Waals surface area contributed by atoms with Crippen LogP contribution in [0.25, 0.3) is 0 Å². The normalized spacial score (nSPS) is 20.4. The lowest BCUT2D eigenvalue weighted by molar-refractivity contribution is 0.0626. The second-order valence-corrected chi connectivity index (χ2v) is 8.76. The Morgan fingerprint density at radius 2 is 1.91 bits per heavy atom. The van der Waals surface area contributed by atoms with Crippen LogP contribution in [-0.4, -0.2) is 39.9 Å². The molecule has 2 aliphatic rings. The fourth-order valence-electron chi connectivity index (χ4n) is 4.68. The van der Waals surface area contributed by atoms with E-state index in [4.69, 9.17) is 16.3 Å². The number of carbonyl (C=O) groups excluding carboxylic acids is 1. The molecule has 5 rings (SSSR count). The van der Waals surface area contributed by atoms with Gasteiger partial charge in [0.05, 0.1) is 6.04 Å². The van der Waals surface area contributed by atoms with Gasteiger partial charge in [0.25, 0.3) is 5.91 Å². The van der Waals surface area contributed by atoms with Gasteiger partial charge in [-0.25, -0.2) is 4.39 Å². The fourth-order valence-corrected chi connectivity index (χ4v) is 4.90. The Kier molecular flexibility index (Phi) is 5.98. The van der Waals surface area contributed by atoms with Crippen molar-refractivity contribution in [2.45, 2.75) is 25.4 Å². The predicted octanol–water partition coefficient (Wildman–Crippen LogP) is 4.21. The maximum atomic E-state index is 14.5. The molecule has 0 spiro atoms. The molecule has 2 aromatic carbocycles. The summed E-state index contributed by atoms with van der Waals surface area (Å²) in [4.78, 5) is 27.5. The molecule has 3 heterocycles. The maximum absolute atomic E-state index is 14.5. The second kappa shape index (κ2) is 9.11. The van der Waals surface area contributed by atoms with E-state index in [1.165, 1.54) is 23.0 Å². The van der Waals surface area contributed by atoms with Crippen molar-refractivity contribution < 1.29 is 19.0 Å². The SMILES string of the molecule is CC[C@H]1/C=C\COc2c(ccc(F)c2Cl)[C@@H](c2ccccc2)N2CN1C(=O)c1c(O)c(=O)ccn12. The maximum Gasteiger partial charge on any atom is 0.278 e. The smallest absolute Gasteiger partial charge is 0.278 e. The molecule has 0 unspecified atom stereocenters. The van der Waals surface area contributed by atoms with Crippen LogP contribution in [0.4, 0.5) is 4.39 Å². The number of ether oxygens (including phenoxy) is 1. The minimum absolute atomic E-state index is 0.117. The zero-order valence-electron chi connectivity index (χ0n) is 18.9. The van der Waals surface area contributed by atoms with Crippen LogP contribution in [0.2, 0.25) is 5.02 Å². The van der Waals surface area contributed by atoms with E-state index < -0.39 is 28.9 Å². The lowest BCUT2D eigenvalue weighted by Gasteiger charge is -2.45. The molecule has 9 heteroatoms. The Hall–Kier alpha value is -3.78. The van der Waals surface area contributed by atoms with E-state index >= 15 is 0 Å². The summed E-state index contributed by atoms with van der Waals surface area (Å²) < 4.78 is 22.0. The van der Waals surface area contributed by atoms with Crippen molar-refractivity contribution >= 4 is 17.5 Å². The fraction of sp³-hybridized carbons (Fsp3) is 0.231. The van der Waals surface area contributed by atoms with Crippen LogP contribution in [0.5, 0.6) is 11.5 Å². The second-order valence-electron chi connectivity index (χ2n) is 8.39. The van der Waals surface area contributed by atoms with Gasteiger partial charge in [0.2, 0.25) is 5.43 Å². The highest BCUT2D eigenvalue weighted by Gasteiger charge is 2.39. The van der Waals surface area contributed by atoms with Gasteiger partial charge in [-0.15, -0.1) is 0 Å². The summed E-state index contributed by atoms with van der Waals surface area (Å²) in [6, 6.07) is 12.6. The van der Waals surface area contributed by atoms with Crippen molar-refractivity contribution in [3.63, 3.8) is 0 Å². The van der Waals surface area contributed by atoms with Crippen LogP contribution in [0.15, 0.2) is 71.7 Å². The Morgan fingerprint density at radius 3 is 2.66 bits per heavy atom. The van der Waals surface area contributed by atoms with E-state index in [1.807, 2.05) is 48.3 Å². The summed E-state index contributed by atoms with van der Waals surface area (Å²) in [7, 11) is 0.